The van der Waals surface area contributed by atoms with E-state index in [1.54, 1.807) is 17.5 Å². The van der Waals surface area contributed by atoms with Crippen LogP contribution in [0, 0.1) is 13.8 Å². The molecule has 5 nitrogen and oxygen atoms in total. The standard InChI is InChI=1S/C19H20N4OS/c1-13-14(2)21-18(15-6-3-4-8-20-15)22-19(13)23-9-10-24-16(12-23)17-7-5-11-25-17/h3-8,11,16H,9-10,12H2,1-2H3. The number of aryl methyl sites for hydroxylation is 1. The second kappa shape index (κ2) is 6.90. The van der Waals surface area contributed by atoms with Crippen LogP contribution in [0.4, 0.5) is 5.82 Å². The molecule has 128 valence electrons. The fraction of sp³-hybridized carbons (Fsp3) is 0.316. The van der Waals surface area contributed by atoms with Crippen LogP contribution in [0.25, 0.3) is 11.5 Å². The van der Waals surface area contributed by atoms with E-state index in [9.17, 15) is 0 Å². The molecule has 3 aromatic heterocycles. The highest BCUT2D eigenvalue weighted by Crippen LogP contribution is 2.30. The van der Waals surface area contributed by atoms with E-state index < -0.39 is 0 Å². The van der Waals surface area contributed by atoms with Gasteiger partial charge in [-0.25, -0.2) is 9.97 Å². The molecule has 0 saturated carbocycles. The van der Waals surface area contributed by atoms with Gasteiger partial charge in [-0.3, -0.25) is 4.98 Å². The van der Waals surface area contributed by atoms with Crippen molar-refractivity contribution in [3.8, 4) is 11.5 Å². The van der Waals surface area contributed by atoms with Crippen LogP contribution in [0.2, 0.25) is 0 Å². The van der Waals surface area contributed by atoms with Gasteiger partial charge in [-0.1, -0.05) is 12.1 Å². The summed E-state index contributed by atoms with van der Waals surface area (Å²) in [7, 11) is 0. The molecule has 0 aliphatic carbocycles. The molecule has 0 amide bonds. The lowest BCUT2D eigenvalue weighted by Crippen LogP contribution is -2.39. The van der Waals surface area contributed by atoms with Gasteiger partial charge in [0.1, 0.15) is 17.6 Å². The normalized spacial score (nSPS) is 17.7. The molecule has 1 unspecified atom stereocenters. The Morgan fingerprint density at radius 1 is 1.16 bits per heavy atom. The summed E-state index contributed by atoms with van der Waals surface area (Å²) < 4.78 is 5.97. The van der Waals surface area contributed by atoms with E-state index in [4.69, 9.17) is 9.72 Å². The van der Waals surface area contributed by atoms with Crippen molar-refractivity contribution in [1.29, 1.82) is 0 Å². The molecule has 0 spiro atoms. The Bertz CT molecular complexity index is 851. The molecule has 3 aromatic rings. The van der Waals surface area contributed by atoms with Crippen molar-refractivity contribution in [2.24, 2.45) is 0 Å². The smallest absolute Gasteiger partial charge is 0.180 e. The number of ether oxygens (including phenoxy) is 1. The van der Waals surface area contributed by atoms with Crippen LogP contribution in [0.3, 0.4) is 0 Å². The Morgan fingerprint density at radius 3 is 2.84 bits per heavy atom. The highest BCUT2D eigenvalue weighted by atomic mass is 32.1. The molecule has 1 saturated heterocycles. The molecule has 0 bridgehead atoms. The number of aromatic nitrogens is 3. The van der Waals surface area contributed by atoms with Crippen LogP contribution in [0.15, 0.2) is 41.9 Å². The van der Waals surface area contributed by atoms with Crippen molar-refractivity contribution in [2.45, 2.75) is 20.0 Å². The minimum atomic E-state index is 0.0988. The quantitative estimate of drug-likeness (QED) is 0.718. The molecule has 0 radical (unpaired) electrons. The minimum absolute atomic E-state index is 0.0988. The van der Waals surface area contributed by atoms with Gasteiger partial charge in [-0.05, 0) is 37.4 Å². The monoisotopic (exact) mass is 352 g/mol. The number of hydrogen-bond acceptors (Lipinski definition) is 6. The largest absolute Gasteiger partial charge is 0.369 e. The Morgan fingerprint density at radius 2 is 2.08 bits per heavy atom. The number of nitrogens with zero attached hydrogens (tertiary/aromatic N) is 4. The van der Waals surface area contributed by atoms with Gasteiger partial charge in [-0.2, -0.15) is 0 Å². The number of anilines is 1. The Balaban J connectivity index is 1.68. The van der Waals surface area contributed by atoms with Crippen molar-refractivity contribution in [2.75, 3.05) is 24.6 Å². The van der Waals surface area contributed by atoms with Gasteiger partial charge >= 0.3 is 0 Å². The van der Waals surface area contributed by atoms with E-state index in [1.807, 2.05) is 25.1 Å². The third-order valence-corrected chi connectivity index (χ3v) is 5.45. The first-order chi connectivity index (χ1) is 12.2. The fourth-order valence-electron chi connectivity index (χ4n) is 3.02. The number of thiophene rings is 1. The second-order valence-corrected chi connectivity index (χ2v) is 7.10. The molecular weight excluding hydrogens is 332 g/mol. The maximum atomic E-state index is 5.97. The minimum Gasteiger partial charge on any atom is -0.369 e. The zero-order valence-corrected chi connectivity index (χ0v) is 15.2. The predicted octanol–water partition coefficient (Wildman–Crippen LogP) is 3.79. The SMILES string of the molecule is Cc1nc(-c2ccccn2)nc(N2CCOC(c3cccs3)C2)c1C. The maximum absolute atomic E-state index is 5.97. The zero-order valence-electron chi connectivity index (χ0n) is 14.3. The third kappa shape index (κ3) is 3.27. The number of rotatable bonds is 3. The molecule has 0 N–H and O–H groups in total. The van der Waals surface area contributed by atoms with Crippen molar-refractivity contribution in [1.82, 2.24) is 15.0 Å². The van der Waals surface area contributed by atoms with E-state index in [-0.39, 0.29) is 6.10 Å². The molecular formula is C19H20N4OS. The molecule has 4 rings (SSSR count). The average Bonchev–Trinajstić information content (AvgIpc) is 3.19. The van der Waals surface area contributed by atoms with Gasteiger partial charge in [0.15, 0.2) is 5.82 Å². The van der Waals surface area contributed by atoms with Gasteiger partial charge in [0.25, 0.3) is 0 Å². The van der Waals surface area contributed by atoms with Crippen molar-refractivity contribution >= 4 is 17.2 Å². The molecule has 1 aliphatic heterocycles. The van der Waals surface area contributed by atoms with Gasteiger partial charge in [0.05, 0.1) is 13.2 Å². The second-order valence-electron chi connectivity index (χ2n) is 6.12. The highest BCUT2D eigenvalue weighted by molar-refractivity contribution is 7.10. The number of pyridine rings is 1. The lowest BCUT2D eigenvalue weighted by molar-refractivity contribution is 0.0418. The van der Waals surface area contributed by atoms with Gasteiger partial charge in [0, 0.05) is 28.9 Å². The van der Waals surface area contributed by atoms with Gasteiger partial charge in [-0.15, -0.1) is 11.3 Å². The summed E-state index contributed by atoms with van der Waals surface area (Å²) >= 11 is 1.74. The van der Waals surface area contributed by atoms with E-state index in [1.165, 1.54) is 4.88 Å². The average molecular weight is 352 g/mol. The van der Waals surface area contributed by atoms with Crippen molar-refractivity contribution in [3.05, 3.63) is 58.0 Å². The van der Waals surface area contributed by atoms with Crippen LogP contribution < -0.4 is 4.90 Å². The molecule has 25 heavy (non-hydrogen) atoms. The molecule has 0 aromatic carbocycles. The topological polar surface area (TPSA) is 51.1 Å². The van der Waals surface area contributed by atoms with Crippen LogP contribution in [0.5, 0.6) is 0 Å². The van der Waals surface area contributed by atoms with E-state index >= 15 is 0 Å². The summed E-state index contributed by atoms with van der Waals surface area (Å²) in [6.07, 6.45) is 1.87. The first-order valence-corrected chi connectivity index (χ1v) is 9.27. The third-order valence-electron chi connectivity index (χ3n) is 4.48. The van der Waals surface area contributed by atoms with Gasteiger partial charge in [0.2, 0.25) is 0 Å². The number of morpholine rings is 1. The molecule has 1 fully saturated rings. The summed E-state index contributed by atoms with van der Waals surface area (Å²) in [6.45, 7) is 6.46. The number of hydrogen-bond donors (Lipinski definition) is 0. The van der Waals surface area contributed by atoms with Crippen LogP contribution in [-0.4, -0.2) is 34.6 Å². The Hall–Kier alpha value is -2.31. The van der Waals surface area contributed by atoms with Crippen molar-refractivity contribution < 1.29 is 4.74 Å². The van der Waals surface area contributed by atoms with Crippen LogP contribution in [-0.2, 0) is 4.74 Å². The highest BCUT2D eigenvalue weighted by Gasteiger charge is 2.25. The predicted molar refractivity (Wildman–Crippen MR) is 100.0 cm³/mol. The fourth-order valence-corrected chi connectivity index (χ4v) is 3.79. The summed E-state index contributed by atoms with van der Waals surface area (Å²) in [5.41, 5.74) is 2.91. The van der Waals surface area contributed by atoms with Gasteiger partial charge < -0.3 is 9.64 Å². The Labute approximate surface area is 151 Å². The molecule has 6 heteroatoms. The first kappa shape index (κ1) is 16.2. The summed E-state index contributed by atoms with van der Waals surface area (Å²) in [4.78, 5) is 17.4. The first-order valence-electron chi connectivity index (χ1n) is 8.39. The maximum Gasteiger partial charge on any atom is 0.180 e. The molecule has 1 aliphatic rings. The lowest BCUT2D eigenvalue weighted by Gasteiger charge is -2.34. The van der Waals surface area contributed by atoms with Crippen molar-refractivity contribution in [3.63, 3.8) is 0 Å². The summed E-state index contributed by atoms with van der Waals surface area (Å²) in [5, 5.41) is 2.09. The Kier molecular flexibility index (Phi) is 4.46. The van der Waals surface area contributed by atoms with Crippen LogP contribution >= 0.6 is 11.3 Å². The van der Waals surface area contributed by atoms with Crippen LogP contribution in [0.1, 0.15) is 22.2 Å². The lowest BCUT2D eigenvalue weighted by atomic mass is 10.2. The molecule has 4 heterocycles. The molecule has 1 atom stereocenters. The van der Waals surface area contributed by atoms with E-state index in [0.717, 1.165) is 35.9 Å². The van der Waals surface area contributed by atoms with E-state index in [2.05, 4.69) is 39.3 Å². The van der Waals surface area contributed by atoms with E-state index in [0.29, 0.717) is 12.4 Å². The summed E-state index contributed by atoms with van der Waals surface area (Å²) in [6, 6.07) is 10.0. The zero-order chi connectivity index (χ0) is 17.2. The summed E-state index contributed by atoms with van der Waals surface area (Å²) in [5.74, 6) is 1.66.